The van der Waals surface area contributed by atoms with E-state index in [4.69, 9.17) is 0 Å². The van der Waals surface area contributed by atoms with Crippen molar-refractivity contribution in [2.45, 2.75) is 3.67 Å². The van der Waals surface area contributed by atoms with Crippen LogP contribution >= 0.6 is 0 Å². The van der Waals surface area contributed by atoms with Crippen LogP contribution in [-0.4, -0.2) is 0 Å². The van der Waals surface area contributed by atoms with Crippen LogP contribution in [-0.2, 0) is 24.4 Å². The van der Waals surface area contributed by atoms with Gasteiger partial charge in [-0.25, -0.2) is 0 Å². The van der Waals surface area contributed by atoms with Gasteiger partial charge in [-0.2, -0.15) is 0 Å². The monoisotopic (exact) mass is 726 g/mol. The molecule has 0 aromatic heterocycles. The molecule has 2 aromatic rings. The molecule has 0 saturated carbocycles. The zero-order chi connectivity index (χ0) is 9.54. The molecule has 1 aliphatic rings. The average molecular weight is 724 g/mol. The Morgan fingerprint density at radius 2 is 1.00 bits per heavy atom. The van der Waals surface area contributed by atoms with Crippen LogP contribution in [0.1, 0.15) is 14.8 Å². The summed E-state index contributed by atoms with van der Waals surface area (Å²) in [5.41, 5.74) is 5.95. The fraction of sp³-hybridized carbons (Fsp3) is 0.0769. The van der Waals surface area contributed by atoms with Gasteiger partial charge in [0, 0.05) is 0 Å². The summed E-state index contributed by atoms with van der Waals surface area (Å²) in [5, 5.41) is 0. The zero-order valence-electron chi connectivity index (χ0n) is 8.83. The standard InChI is InChI=1S/C13H9.Hf.3HI/c1-3-7-12-10(5-1)9-11-6-2-4-8-13(11)12;;;;/h1-9H;;3*1H/q;+3;;;/p-3. The van der Waals surface area contributed by atoms with Gasteiger partial charge in [0.05, 0.1) is 0 Å². The van der Waals surface area contributed by atoms with Crippen molar-refractivity contribution in [3.05, 3.63) is 59.7 Å². The van der Waals surface area contributed by atoms with E-state index in [1.54, 1.807) is 0 Å². The van der Waals surface area contributed by atoms with Gasteiger partial charge in [-0.3, -0.25) is 0 Å². The first-order valence-corrected chi connectivity index (χ1v) is 6.84. The number of rotatable bonds is 0. The molecule has 1 aliphatic carbocycles. The maximum absolute atomic E-state index is 2.27. The molecule has 0 bridgehead atoms. The van der Waals surface area contributed by atoms with E-state index in [9.17, 15) is 0 Å². The van der Waals surface area contributed by atoms with Crippen molar-refractivity contribution in [1.29, 1.82) is 0 Å². The van der Waals surface area contributed by atoms with E-state index in [0.717, 1.165) is 0 Å². The Kier molecular flexibility index (Phi) is 8.64. The summed E-state index contributed by atoms with van der Waals surface area (Å²) in [6.07, 6.45) is 0. The van der Waals surface area contributed by atoms with Gasteiger partial charge in [-0.15, -0.1) is 0 Å². The van der Waals surface area contributed by atoms with E-state index in [2.05, 4.69) is 48.5 Å². The smallest absolute Gasteiger partial charge is 1.00 e. The molecular formula is C13H9HfI3. The Hall–Kier alpha value is 1.50. The van der Waals surface area contributed by atoms with Crippen LogP contribution in [0.5, 0.6) is 0 Å². The van der Waals surface area contributed by atoms with Crippen molar-refractivity contribution in [3.8, 4) is 11.1 Å². The van der Waals surface area contributed by atoms with Crippen LogP contribution in [0.2, 0.25) is 0 Å². The second-order valence-electron chi connectivity index (χ2n) is 3.61. The van der Waals surface area contributed by atoms with Gasteiger partial charge in [0.25, 0.3) is 0 Å². The number of benzene rings is 2. The predicted octanol–water partition coefficient (Wildman–Crippen LogP) is -5.68. The summed E-state index contributed by atoms with van der Waals surface area (Å²) in [4.78, 5) is 0. The van der Waals surface area contributed by atoms with Crippen LogP contribution in [0.15, 0.2) is 48.5 Å². The molecule has 3 rings (SSSR count). The number of fused-ring (bicyclic) bond motifs is 3. The number of hydrogen-bond acceptors (Lipinski definition) is 0. The molecule has 86 valence electrons. The molecule has 0 amide bonds. The SMILES string of the molecule is [Hf+3][CH]1c2ccccc2-c2ccccc21.[I-].[I-].[I-]. The van der Waals surface area contributed by atoms with Gasteiger partial charge < -0.3 is 71.9 Å². The van der Waals surface area contributed by atoms with Crippen LogP contribution in [0.25, 0.3) is 11.1 Å². The zero-order valence-corrected chi connectivity index (χ0v) is 18.9. The van der Waals surface area contributed by atoms with E-state index < -0.39 is 0 Å². The van der Waals surface area contributed by atoms with Gasteiger partial charge in [0.15, 0.2) is 0 Å². The maximum Gasteiger partial charge on any atom is -1.00 e. The second-order valence-corrected chi connectivity index (χ2v) is 5.68. The first-order chi connectivity index (χ1) is 6.88. The Balaban J connectivity index is 0.000000853. The third kappa shape index (κ3) is 3.34. The fourth-order valence-electron chi connectivity index (χ4n) is 2.16. The van der Waals surface area contributed by atoms with Crippen LogP contribution in [0.4, 0.5) is 0 Å². The molecule has 0 unspecified atom stereocenters. The van der Waals surface area contributed by atoms with Crippen molar-refractivity contribution in [2.75, 3.05) is 0 Å². The van der Waals surface area contributed by atoms with Crippen molar-refractivity contribution in [3.63, 3.8) is 0 Å². The van der Waals surface area contributed by atoms with Gasteiger partial charge in [-0.05, 0) is 0 Å². The molecule has 0 radical (unpaired) electrons. The third-order valence-corrected chi connectivity index (χ3v) is 5.07. The molecule has 0 nitrogen and oxygen atoms in total. The molecule has 0 saturated heterocycles. The third-order valence-electron chi connectivity index (χ3n) is 2.83. The molecule has 2 aromatic carbocycles. The van der Waals surface area contributed by atoms with Crippen LogP contribution < -0.4 is 71.9 Å². The molecule has 0 heterocycles. The van der Waals surface area contributed by atoms with Gasteiger partial charge in [-0.1, -0.05) is 0 Å². The van der Waals surface area contributed by atoms with Gasteiger partial charge in [0.2, 0.25) is 0 Å². The number of halogens is 3. The summed E-state index contributed by atoms with van der Waals surface area (Å²) in [7, 11) is 0. The van der Waals surface area contributed by atoms with Gasteiger partial charge in [0.1, 0.15) is 0 Å². The molecule has 0 aliphatic heterocycles. The minimum absolute atomic E-state index is 0. The Bertz CT molecular complexity index is 454. The minimum Gasteiger partial charge on any atom is -1.00 e. The Morgan fingerprint density at radius 3 is 1.41 bits per heavy atom. The summed E-state index contributed by atoms with van der Waals surface area (Å²) in [6, 6.07) is 17.6. The summed E-state index contributed by atoms with van der Waals surface area (Å²) >= 11 is 1.21. The van der Waals surface area contributed by atoms with Crippen molar-refractivity contribution >= 4 is 0 Å². The van der Waals surface area contributed by atoms with E-state index in [1.165, 1.54) is 46.6 Å². The van der Waals surface area contributed by atoms with E-state index >= 15 is 0 Å². The van der Waals surface area contributed by atoms with Gasteiger partial charge >= 0.3 is 98.8 Å². The average Bonchev–Trinajstić information content (AvgIpc) is 2.55. The Labute approximate surface area is 168 Å². The van der Waals surface area contributed by atoms with Crippen molar-refractivity contribution in [2.24, 2.45) is 0 Å². The van der Waals surface area contributed by atoms with Crippen LogP contribution in [0.3, 0.4) is 0 Å². The first kappa shape index (κ1) is 18.5. The molecule has 0 atom stereocenters. The summed E-state index contributed by atoms with van der Waals surface area (Å²) in [6.45, 7) is 0. The summed E-state index contributed by atoms with van der Waals surface area (Å²) in [5.74, 6) is 0. The fourth-order valence-corrected chi connectivity index (χ4v) is 3.96. The molecule has 0 N–H and O–H groups in total. The summed E-state index contributed by atoms with van der Waals surface area (Å²) < 4.78 is 0.697. The number of hydrogen-bond donors (Lipinski definition) is 0. The van der Waals surface area contributed by atoms with Crippen molar-refractivity contribution in [1.82, 2.24) is 0 Å². The van der Waals surface area contributed by atoms with Crippen molar-refractivity contribution < 1.29 is 96.3 Å². The molecule has 17 heavy (non-hydrogen) atoms. The molecule has 4 heteroatoms. The Morgan fingerprint density at radius 1 is 0.647 bits per heavy atom. The topological polar surface area (TPSA) is 0 Å². The van der Waals surface area contributed by atoms with Crippen LogP contribution in [0, 0.1) is 0 Å². The largest absolute Gasteiger partial charge is 1.00 e. The maximum atomic E-state index is 2.27. The first-order valence-electron chi connectivity index (χ1n) is 4.77. The van der Waals surface area contributed by atoms with E-state index in [-0.39, 0.29) is 71.9 Å². The second kappa shape index (κ2) is 7.94. The normalized spacial score (nSPS) is 11.4. The van der Waals surface area contributed by atoms with E-state index in [1.807, 2.05) is 0 Å². The molecule has 0 spiro atoms. The predicted molar refractivity (Wildman–Crippen MR) is 53.7 cm³/mol. The quantitative estimate of drug-likeness (QED) is 0.188. The molecular weight excluding hydrogens is 715 g/mol. The van der Waals surface area contributed by atoms with E-state index in [0.29, 0.717) is 3.67 Å². The molecule has 0 fully saturated rings. The minimum atomic E-state index is 0.